The maximum atomic E-state index is 11.7. The predicted molar refractivity (Wildman–Crippen MR) is 82.9 cm³/mol. The molecule has 0 spiro atoms. The van der Waals surface area contributed by atoms with E-state index < -0.39 is 0 Å². The van der Waals surface area contributed by atoms with Gasteiger partial charge in [-0.3, -0.25) is 9.59 Å². The highest BCUT2D eigenvalue weighted by atomic mass is 16.5. The first-order valence-corrected chi connectivity index (χ1v) is 7.79. The second kappa shape index (κ2) is 8.70. The maximum absolute atomic E-state index is 11.7. The van der Waals surface area contributed by atoms with Gasteiger partial charge in [-0.25, -0.2) is 0 Å². The Morgan fingerprint density at radius 2 is 2.36 bits per heavy atom. The zero-order chi connectivity index (χ0) is 15.8. The Morgan fingerprint density at radius 3 is 3.09 bits per heavy atom. The molecule has 0 unspecified atom stereocenters. The number of nitrogens with zero attached hydrogens (tertiary/aromatic N) is 1. The van der Waals surface area contributed by atoms with Crippen LogP contribution >= 0.6 is 0 Å². The van der Waals surface area contributed by atoms with E-state index in [9.17, 15) is 9.59 Å². The van der Waals surface area contributed by atoms with Gasteiger partial charge in [-0.2, -0.15) is 0 Å². The van der Waals surface area contributed by atoms with Crippen LogP contribution < -0.4 is 10.9 Å². The molecule has 22 heavy (non-hydrogen) atoms. The number of carbonyl (C=O) groups excluding carboxylic acids is 1. The minimum absolute atomic E-state index is 0.00813. The second-order valence-corrected chi connectivity index (χ2v) is 5.51. The van der Waals surface area contributed by atoms with E-state index in [0.29, 0.717) is 26.1 Å². The van der Waals surface area contributed by atoms with Crippen molar-refractivity contribution in [2.75, 3.05) is 26.4 Å². The van der Waals surface area contributed by atoms with Gasteiger partial charge in [0.25, 0.3) is 5.56 Å². The minimum Gasteiger partial charge on any atom is -0.376 e. The molecule has 1 saturated heterocycles. The van der Waals surface area contributed by atoms with Crippen molar-refractivity contribution in [3.63, 3.8) is 0 Å². The van der Waals surface area contributed by atoms with Crippen LogP contribution in [0.25, 0.3) is 0 Å². The Bertz CT molecular complexity index is 535. The Morgan fingerprint density at radius 1 is 1.50 bits per heavy atom. The molecule has 2 heterocycles. The molecule has 122 valence electrons. The number of aryl methyl sites for hydroxylation is 1. The number of carbonyl (C=O) groups is 1. The summed E-state index contributed by atoms with van der Waals surface area (Å²) in [5, 5.41) is 2.80. The zero-order valence-corrected chi connectivity index (χ0v) is 13.0. The lowest BCUT2D eigenvalue weighted by atomic mass is 10.2. The molecule has 1 fully saturated rings. The Labute approximate surface area is 130 Å². The Kier molecular flexibility index (Phi) is 6.61. The molecule has 0 aromatic carbocycles. The van der Waals surface area contributed by atoms with Crippen LogP contribution in [0.4, 0.5) is 0 Å². The summed E-state index contributed by atoms with van der Waals surface area (Å²) >= 11 is 0. The average molecular weight is 308 g/mol. The molecule has 1 aliphatic rings. The molecule has 1 aromatic rings. The molecule has 0 aliphatic carbocycles. The lowest BCUT2D eigenvalue weighted by Crippen LogP contribution is -2.31. The van der Waals surface area contributed by atoms with Crippen LogP contribution in [0.1, 0.15) is 25.0 Å². The molecule has 1 amide bonds. The van der Waals surface area contributed by atoms with Gasteiger partial charge in [0.05, 0.1) is 12.7 Å². The summed E-state index contributed by atoms with van der Waals surface area (Å²) < 4.78 is 12.5. The topological polar surface area (TPSA) is 69.6 Å². The predicted octanol–water partition coefficient (Wildman–Crippen LogP) is 0.859. The van der Waals surface area contributed by atoms with Crippen molar-refractivity contribution in [2.24, 2.45) is 0 Å². The van der Waals surface area contributed by atoms with Crippen molar-refractivity contribution in [3.8, 4) is 0 Å². The number of hydrogen-bond donors (Lipinski definition) is 1. The fourth-order valence-corrected chi connectivity index (χ4v) is 2.48. The number of nitrogens with one attached hydrogen (secondary N) is 1. The third-order valence-corrected chi connectivity index (χ3v) is 3.71. The normalized spacial score (nSPS) is 17.6. The monoisotopic (exact) mass is 308 g/mol. The largest absolute Gasteiger partial charge is 0.376 e. The fraction of sp³-hybridized carbons (Fsp3) is 0.625. The van der Waals surface area contributed by atoms with Crippen LogP contribution in [0.3, 0.4) is 0 Å². The summed E-state index contributed by atoms with van der Waals surface area (Å²) in [7, 11) is 0. The SMILES string of the molecule is Cc1cccc(=O)n1CCCNC(=O)COC[C@H]1CCCO1. The van der Waals surface area contributed by atoms with Crippen molar-refractivity contribution in [1.29, 1.82) is 0 Å². The first-order valence-electron chi connectivity index (χ1n) is 7.79. The van der Waals surface area contributed by atoms with Crippen LogP contribution in [0.2, 0.25) is 0 Å². The van der Waals surface area contributed by atoms with Crippen molar-refractivity contribution in [3.05, 3.63) is 34.2 Å². The first kappa shape index (κ1) is 16.7. The molecule has 6 nitrogen and oxygen atoms in total. The molecule has 6 heteroatoms. The van der Waals surface area contributed by atoms with Gasteiger partial charge in [0, 0.05) is 31.5 Å². The van der Waals surface area contributed by atoms with Crippen molar-refractivity contribution in [2.45, 2.75) is 38.8 Å². The Balaban J connectivity index is 1.58. The minimum atomic E-state index is -0.130. The van der Waals surface area contributed by atoms with Crippen LogP contribution in [0.15, 0.2) is 23.0 Å². The molecule has 0 radical (unpaired) electrons. The van der Waals surface area contributed by atoms with Gasteiger partial charge >= 0.3 is 0 Å². The van der Waals surface area contributed by atoms with Crippen LogP contribution in [0, 0.1) is 6.92 Å². The number of aromatic nitrogens is 1. The lowest BCUT2D eigenvalue weighted by molar-refractivity contribution is -0.126. The highest BCUT2D eigenvalue weighted by Crippen LogP contribution is 2.11. The number of ether oxygens (including phenoxy) is 2. The third kappa shape index (κ3) is 5.27. The summed E-state index contributed by atoms with van der Waals surface area (Å²) in [6.07, 6.45) is 2.92. The average Bonchev–Trinajstić information content (AvgIpc) is 2.99. The maximum Gasteiger partial charge on any atom is 0.250 e. The molecule has 1 N–H and O–H groups in total. The van der Waals surface area contributed by atoms with E-state index in [4.69, 9.17) is 9.47 Å². The van der Waals surface area contributed by atoms with E-state index in [1.54, 1.807) is 16.7 Å². The van der Waals surface area contributed by atoms with Gasteiger partial charge in [-0.05, 0) is 32.3 Å². The number of amides is 1. The summed E-state index contributed by atoms with van der Waals surface area (Å²) in [5.41, 5.74) is 0.921. The zero-order valence-electron chi connectivity index (χ0n) is 13.0. The summed E-state index contributed by atoms with van der Waals surface area (Å²) in [6.45, 7) is 4.36. The quantitative estimate of drug-likeness (QED) is 0.723. The van der Waals surface area contributed by atoms with Gasteiger partial charge < -0.3 is 19.4 Å². The highest BCUT2D eigenvalue weighted by Gasteiger charge is 2.15. The lowest BCUT2D eigenvalue weighted by Gasteiger charge is -2.11. The first-order chi connectivity index (χ1) is 10.7. The number of rotatable bonds is 8. The third-order valence-electron chi connectivity index (χ3n) is 3.71. The van der Waals surface area contributed by atoms with Crippen LogP contribution in [-0.4, -0.2) is 42.9 Å². The van der Waals surface area contributed by atoms with E-state index in [1.807, 2.05) is 13.0 Å². The van der Waals surface area contributed by atoms with E-state index in [0.717, 1.165) is 25.1 Å². The molecule has 1 aromatic heterocycles. The molecular weight excluding hydrogens is 284 g/mol. The van der Waals surface area contributed by atoms with Gasteiger partial charge in [-0.15, -0.1) is 0 Å². The van der Waals surface area contributed by atoms with Crippen LogP contribution in [-0.2, 0) is 20.8 Å². The van der Waals surface area contributed by atoms with Crippen molar-refractivity contribution >= 4 is 5.91 Å². The van der Waals surface area contributed by atoms with E-state index in [2.05, 4.69) is 5.32 Å². The molecular formula is C16H24N2O4. The molecule has 1 atom stereocenters. The molecule has 0 bridgehead atoms. The second-order valence-electron chi connectivity index (χ2n) is 5.51. The number of hydrogen-bond acceptors (Lipinski definition) is 4. The number of pyridine rings is 1. The molecule has 2 rings (SSSR count). The van der Waals surface area contributed by atoms with E-state index >= 15 is 0 Å². The van der Waals surface area contributed by atoms with E-state index in [-0.39, 0.29) is 24.2 Å². The van der Waals surface area contributed by atoms with Gasteiger partial charge in [0.15, 0.2) is 0 Å². The summed E-state index contributed by atoms with van der Waals surface area (Å²) in [6, 6.07) is 5.20. The highest BCUT2D eigenvalue weighted by molar-refractivity contribution is 5.77. The van der Waals surface area contributed by atoms with E-state index in [1.165, 1.54) is 0 Å². The molecule has 0 saturated carbocycles. The smallest absolute Gasteiger partial charge is 0.250 e. The fourth-order valence-electron chi connectivity index (χ4n) is 2.48. The summed E-state index contributed by atoms with van der Waals surface area (Å²) in [4.78, 5) is 23.3. The van der Waals surface area contributed by atoms with Gasteiger partial charge in [-0.1, -0.05) is 6.07 Å². The van der Waals surface area contributed by atoms with Crippen molar-refractivity contribution < 1.29 is 14.3 Å². The summed E-state index contributed by atoms with van der Waals surface area (Å²) in [5.74, 6) is -0.130. The van der Waals surface area contributed by atoms with Crippen LogP contribution in [0.5, 0.6) is 0 Å². The van der Waals surface area contributed by atoms with Gasteiger partial charge in [0.1, 0.15) is 6.61 Å². The van der Waals surface area contributed by atoms with Crippen molar-refractivity contribution in [1.82, 2.24) is 9.88 Å². The van der Waals surface area contributed by atoms with Gasteiger partial charge in [0.2, 0.25) is 5.91 Å². The molecule has 1 aliphatic heterocycles. The standard InChI is InChI=1S/C16H24N2O4/c1-13-5-2-7-16(20)18(13)9-4-8-17-15(19)12-21-11-14-6-3-10-22-14/h2,5,7,14H,3-4,6,8-12H2,1H3,(H,17,19)/t14-/m1/s1. The Hall–Kier alpha value is -1.66.